The quantitative estimate of drug-likeness (QED) is 0.869. The Kier molecular flexibility index (Phi) is 4.53. The Bertz CT molecular complexity index is 638. The summed E-state index contributed by atoms with van der Waals surface area (Å²) in [6.45, 7) is 6.00. The first kappa shape index (κ1) is 14.9. The summed E-state index contributed by atoms with van der Waals surface area (Å²) in [5, 5.41) is 6.57. The highest BCUT2D eigenvalue weighted by molar-refractivity contribution is 7.10. The summed E-state index contributed by atoms with van der Waals surface area (Å²) in [5.41, 5.74) is 3.81. The standard InChI is InChI=1S/C17H20ClNOS/c1-3-11-6-8-21-17(11)15(19-4-2)14-10-13(18)9-12-5-7-20-16(12)14/h6,8-10,15,19H,3-5,7H2,1-2H3. The summed E-state index contributed by atoms with van der Waals surface area (Å²) in [5.74, 6) is 1.03. The van der Waals surface area contributed by atoms with Crippen LogP contribution in [0.2, 0.25) is 5.02 Å². The van der Waals surface area contributed by atoms with Crippen LogP contribution in [0.25, 0.3) is 0 Å². The number of nitrogens with one attached hydrogen (secondary N) is 1. The molecule has 0 bridgehead atoms. The molecule has 4 heteroatoms. The lowest BCUT2D eigenvalue weighted by Gasteiger charge is -2.21. The summed E-state index contributed by atoms with van der Waals surface area (Å²) >= 11 is 8.14. The van der Waals surface area contributed by atoms with E-state index in [0.717, 1.165) is 36.8 Å². The molecule has 0 fully saturated rings. The van der Waals surface area contributed by atoms with Crippen molar-refractivity contribution in [1.29, 1.82) is 0 Å². The maximum atomic E-state index is 6.33. The molecule has 1 aromatic carbocycles. The summed E-state index contributed by atoms with van der Waals surface area (Å²) in [4.78, 5) is 1.37. The fourth-order valence-corrected chi connectivity index (χ4v) is 4.29. The molecule has 0 amide bonds. The van der Waals surface area contributed by atoms with Crippen molar-refractivity contribution in [2.45, 2.75) is 32.7 Å². The molecule has 1 atom stereocenters. The molecule has 21 heavy (non-hydrogen) atoms. The smallest absolute Gasteiger partial charge is 0.127 e. The molecule has 1 aliphatic heterocycles. The molecule has 2 heterocycles. The van der Waals surface area contributed by atoms with E-state index in [9.17, 15) is 0 Å². The second-order valence-corrected chi connectivity index (χ2v) is 6.62. The van der Waals surface area contributed by atoms with Gasteiger partial charge in [0.25, 0.3) is 0 Å². The lowest BCUT2D eigenvalue weighted by atomic mass is 9.98. The molecule has 0 radical (unpaired) electrons. The second kappa shape index (κ2) is 6.39. The van der Waals surface area contributed by atoms with Gasteiger partial charge in [0.2, 0.25) is 0 Å². The van der Waals surface area contributed by atoms with Crippen LogP contribution in [-0.2, 0) is 12.8 Å². The molecule has 1 unspecified atom stereocenters. The van der Waals surface area contributed by atoms with Crippen LogP contribution in [0.5, 0.6) is 5.75 Å². The first-order chi connectivity index (χ1) is 10.2. The topological polar surface area (TPSA) is 21.3 Å². The first-order valence-corrected chi connectivity index (χ1v) is 8.75. The number of hydrogen-bond donors (Lipinski definition) is 1. The van der Waals surface area contributed by atoms with Gasteiger partial charge < -0.3 is 10.1 Å². The number of rotatable bonds is 5. The largest absolute Gasteiger partial charge is 0.493 e. The van der Waals surface area contributed by atoms with E-state index in [4.69, 9.17) is 16.3 Å². The van der Waals surface area contributed by atoms with Crippen LogP contribution in [-0.4, -0.2) is 13.2 Å². The van der Waals surface area contributed by atoms with E-state index in [1.807, 2.05) is 17.4 Å². The predicted molar refractivity (Wildman–Crippen MR) is 89.9 cm³/mol. The summed E-state index contributed by atoms with van der Waals surface area (Å²) < 4.78 is 5.89. The molecule has 0 saturated heterocycles. The van der Waals surface area contributed by atoms with Crippen LogP contribution in [0.4, 0.5) is 0 Å². The molecule has 3 rings (SSSR count). The van der Waals surface area contributed by atoms with Crippen LogP contribution >= 0.6 is 22.9 Å². The zero-order valence-electron chi connectivity index (χ0n) is 12.4. The third-order valence-electron chi connectivity index (χ3n) is 3.92. The molecule has 2 aromatic rings. The predicted octanol–water partition coefficient (Wildman–Crippen LogP) is 4.60. The lowest BCUT2D eigenvalue weighted by molar-refractivity contribution is 0.350. The Morgan fingerprint density at radius 1 is 1.38 bits per heavy atom. The molecule has 0 saturated carbocycles. The van der Waals surface area contributed by atoms with E-state index in [1.165, 1.54) is 21.6 Å². The highest BCUT2D eigenvalue weighted by Crippen LogP contribution is 2.40. The van der Waals surface area contributed by atoms with Gasteiger partial charge in [-0.2, -0.15) is 0 Å². The van der Waals surface area contributed by atoms with Gasteiger partial charge in [-0.05, 0) is 47.7 Å². The highest BCUT2D eigenvalue weighted by atomic mass is 35.5. The Balaban J connectivity index is 2.10. The van der Waals surface area contributed by atoms with Gasteiger partial charge >= 0.3 is 0 Å². The molecular weight excluding hydrogens is 302 g/mol. The molecule has 112 valence electrons. The van der Waals surface area contributed by atoms with Crippen molar-refractivity contribution in [3.63, 3.8) is 0 Å². The van der Waals surface area contributed by atoms with Gasteiger partial charge in [-0.25, -0.2) is 0 Å². The van der Waals surface area contributed by atoms with Crippen LogP contribution in [0.1, 0.15) is 41.5 Å². The molecule has 0 spiro atoms. The van der Waals surface area contributed by atoms with Crippen molar-refractivity contribution in [2.24, 2.45) is 0 Å². The van der Waals surface area contributed by atoms with E-state index >= 15 is 0 Å². The number of aryl methyl sites for hydroxylation is 1. The number of hydrogen-bond acceptors (Lipinski definition) is 3. The Morgan fingerprint density at radius 2 is 2.24 bits per heavy atom. The third-order valence-corrected chi connectivity index (χ3v) is 5.16. The maximum Gasteiger partial charge on any atom is 0.127 e. The average Bonchev–Trinajstić information content (AvgIpc) is 3.12. The molecule has 1 N–H and O–H groups in total. The lowest BCUT2D eigenvalue weighted by Crippen LogP contribution is -2.22. The molecular formula is C17H20ClNOS. The SMILES string of the molecule is CCNC(c1cc(Cl)cc2c1OCC2)c1sccc1CC. The Labute approximate surface area is 135 Å². The zero-order valence-corrected chi connectivity index (χ0v) is 14.0. The van der Waals surface area contributed by atoms with Gasteiger partial charge in [-0.1, -0.05) is 25.4 Å². The fraction of sp³-hybridized carbons (Fsp3) is 0.412. The van der Waals surface area contributed by atoms with Gasteiger partial charge in [-0.3, -0.25) is 0 Å². The first-order valence-electron chi connectivity index (χ1n) is 7.49. The van der Waals surface area contributed by atoms with E-state index in [1.54, 1.807) is 0 Å². The molecule has 1 aromatic heterocycles. The van der Waals surface area contributed by atoms with Gasteiger partial charge in [0.1, 0.15) is 5.75 Å². The summed E-state index contributed by atoms with van der Waals surface area (Å²) in [7, 11) is 0. The fourth-order valence-electron chi connectivity index (χ4n) is 2.95. The van der Waals surface area contributed by atoms with Gasteiger partial charge in [0.05, 0.1) is 12.6 Å². The minimum atomic E-state index is 0.162. The minimum absolute atomic E-state index is 0.162. The Morgan fingerprint density at radius 3 is 3.00 bits per heavy atom. The number of ether oxygens (including phenoxy) is 1. The van der Waals surface area contributed by atoms with E-state index in [0.29, 0.717) is 0 Å². The monoisotopic (exact) mass is 321 g/mol. The number of thiophene rings is 1. The van der Waals surface area contributed by atoms with Crippen molar-refractivity contribution in [1.82, 2.24) is 5.32 Å². The summed E-state index contributed by atoms with van der Waals surface area (Å²) in [6, 6.07) is 6.47. The summed E-state index contributed by atoms with van der Waals surface area (Å²) in [6.07, 6.45) is 2.00. The van der Waals surface area contributed by atoms with Crippen molar-refractivity contribution in [3.05, 3.63) is 50.2 Å². The van der Waals surface area contributed by atoms with Gasteiger partial charge in [0, 0.05) is 21.9 Å². The molecule has 2 nitrogen and oxygen atoms in total. The zero-order chi connectivity index (χ0) is 14.8. The highest BCUT2D eigenvalue weighted by Gasteiger charge is 2.26. The van der Waals surface area contributed by atoms with Gasteiger partial charge in [0.15, 0.2) is 0 Å². The number of halogens is 1. The van der Waals surface area contributed by atoms with Crippen molar-refractivity contribution in [3.8, 4) is 5.75 Å². The van der Waals surface area contributed by atoms with Crippen LogP contribution in [0.15, 0.2) is 23.6 Å². The van der Waals surface area contributed by atoms with Crippen molar-refractivity contribution >= 4 is 22.9 Å². The van der Waals surface area contributed by atoms with Crippen LogP contribution < -0.4 is 10.1 Å². The van der Waals surface area contributed by atoms with Crippen LogP contribution in [0.3, 0.4) is 0 Å². The van der Waals surface area contributed by atoms with Crippen molar-refractivity contribution < 1.29 is 4.74 Å². The molecule has 1 aliphatic rings. The minimum Gasteiger partial charge on any atom is -0.493 e. The van der Waals surface area contributed by atoms with E-state index in [-0.39, 0.29) is 6.04 Å². The van der Waals surface area contributed by atoms with E-state index in [2.05, 4.69) is 36.7 Å². The van der Waals surface area contributed by atoms with E-state index < -0.39 is 0 Å². The number of benzene rings is 1. The number of fused-ring (bicyclic) bond motifs is 1. The van der Waals surface area contributed by atoms with Gasteiger partial charge in [-0.15, -0.1) is 11.3 Å². The van der Waals surface area contributed by atoms with Crippen LogP contribution in [0, 0.1) is 0 Å². The normalized spacial score (nSPS) is 14.8. The molecule has 0 aliphatic carbocycles. The average molecular weight is 322 g/mol. The third kappa shape index (κ3) is 2.83. The Hall–Kier alpha value is -1.03. The maximum absolute atomic E-state index is 6.33. The second-order valence-electron chi connectivity index (χ2n) is 5.24. The van der Waals surface area contributed by atoms with Crippen molar-refractivity contribution in [2.75, 3.05) is 13.2 Å².